The highest BCUT2D eigenvalue weighted by molar-refractivity contribution is 5.76. The van der Waals surface area contributed by atoms with Gasteiger partial charge in [-0.1, -0.05) is 0 Å². The Balaban J connectivity index is 3.93. The first kappa shape index (κ1) is 10.7. The normalized spacial score (nSPS) is 13.4. The molecule has 0 radical (unpaired) electrons. The Hall–Kier alpha value is -1.32. The molecular formula is C8H13NO3. The van der Waals surface area contributed by atoms with E-state index in [1.807, 2.05) is 0 Å². The van der Waals surface area contributed by atoms with Gasteiger partial charge in [0.1, 0.15) is 12.3 Å². The molecule has 0 aromatic rings. The van der Waals surface area contributed by atoms with E-state index in [9.17, 15) is 9.59 Å². The average Bonchev–Trinajstić information content (AvgIpc) is 2.11. The summed E-state index contributed by atoms with van der Waals surface area (Å²) in [7, 11) is 1.32. The smallest absolute Gasteiger partial charge is 0.327 e. The Bertz CT molecular complexity index is 198. The van der Waals surface area contributed by atoms with Crippen LogP contribution in [0.2, 0.25) is 0 Å². The lowest BCUT2D eigenvalue weighted by atomic mass is 10.3. The first-order valence-corrected chi connectivity index (χ1v) is 3.57. The largest absolute Gasteiger partial charge is 0.467 e. The van der Waals surface area contributed by atoms with E-state index in [0.29, 0.717) is 11.9 Å². The molecule has 0 rings (SSSR count). The van der Waals surface area contributed by atoms with Crippen LogP contribution in [-0.2, 0) is 14.3 Å². The molecule has 4 heteroatoms. The molecule has 1 N–H and O–H groups in total. The highest BCUT2D eigenvalue weighted by atomic mass is 16.5. The second-order valence-electron chi connectivity index (χ2n) is 2.42. The number of allylic oxidation sites excluding steroid dienone is 1. The fourth-order valence-electron chi connectivity index (χ4n) is 0.535. The molecule has 0 aliphatic carbocycles. The van der Waals surface area contributed by atoms with Crippen LogP contribution >= 0.6 is 0 Å². The average molecular weight is 171 g/mol. The molecule has 0 bridgehead atoms. The van der Waals surface area contributed by atoms with Gasteiger partial charge in [-0.2, -0.15) is 0 Å². The van der Waals surface area contributed by atoms with Crippen molar-refractivity contribution in [3.05, 3.63) is 11.8 Å². The van der Waals surface area contributed by atoms with E-state index in [0.717, 1.165) is 0 Å². The summed E-state index contributed by atoms with van der Waals surface area (Å²) in [5, 5.41) is 2.72. The molecule has 0 heterocycles. The van der Waals surface area contributed by atoms with Gasteiger partial charge in [0.25, 0.3) is 0 Å². The summed E-state index contributed by atoms with van der Waals surface area (Å²) in [5.74, 6) is -0.357. The number of carbonyl (C=O) groups excluding carboxylic acids is 2. The summed E-state index contributed by atoms with van der Waals surface area (Å²) >= 11 is 0. The molecule has 1 atom stereocenters. The van der Waals surface area contributed by atoms with E-state index in [2.05, 4.69) is 10.1 Å². The number of rotatable bonds is 4. The lowest BCUT2D eigenvalue weighted by Crippen LogP contribution is -2.31. The number of aldehydes is 1. The van der Waals surface area contributed by atoms with Gasteiger partial charge in [-0.15, -0.1) is 0 Å². The summed E-state index contributed by atoms with van der Waals surface area (Å²) in [5.41, 5.74) is 0.533. The van der Waals surface area contributed by atoms with Gasteiger partial charge >= 0.3 is 5.97 Å². The number of methoxy groups -OCH3 is 1. The van der Waals surface area contributed by atoms with E-state index in [1.54, 1.807) is 13.8 Å². The summed E-state index contributed by atoms with van der Waals surface area (Å²) in [6.45, 7) is 3.30. The topological polar surface area (TPSA) is 55.4 Å². The van der Waals surface area contributed by atoms with Crippen molar-refractivity contribution in [2.75, 3.05) is 7.11 Å². The quantitative estimate of drug-likeness (QED) is 0.374. The van der Waals surface area contributed by atoms with E-state index >= 15 is 0 Å². The highest BCUT2D eigenvalue weighted by Crippen LogP contribution is 1.88. The van der Waals surface area contributed by atoms with Crippen LogP contribution in [0, 0.1) is 0 Å². The first-order chi connectivity index (χ1) is 5.61. The Kier molecular flexibility index (Phi) is 4.76. The van der Waals surface area contributed by atoms with Crippen molar-refractivity contribution in [1.82, 2.24) is 5.32 Å². The molecule has 4 nitrogen and oxygen atoms in total. The van der Waals surface area contributed by atoms with E-state index in [1.165, 1.54) is 13.3 Å². The zero-order valence-electron chi connectivity index (χ0n) is 7.46. The molecule has 0 aliphatic heterocycles. The maximum Gasteiger partial charge on any atom is 0.327 e. The number of hydrogen-bond acceptors (Lipinski definition) is 4. The van der Waals surface area contributed by atoms with Gasteiger partial charge in [-0.25, -0.2) is 4.79 Å². The number of hydrogen-bond donors (Lipinski definition) is 1. The molecule has 0 amide bonds. The van der Waals surface area contributed by atoms with Crippen LogP contribution in [0.5, 0.6) is 0 Å². The summed E-state index contributed by atoms with van der Waals surface area (Å²) < 4.78 is 4.46. The minimum atomic E-state index is -0.426. The SMILES string of the molecule is COC(=O)[C@H](C)NC=C(C)C=O. The number of esters is 1. The third-order valence-electron chi connectivity index (χ3n) is 1.30. The molecule has 0 aromatic carbocycles. The molecule has 0 aliphatic rings. The van der Waals surface area contributed by atoms with E-state index < -0.39 is 6.04 Å². The highest BCUT2D eigenvalue weighted by Gasteiger charge is 2.09. The van der Waals surface area contributed by atoms with Gasteiger partial charge in [0.15, 0.2) is 0 Å². The van der Waals surface area contributed by atoms with Gasteiger partial charge < -0.3 is 10.1 Å². The Morgan fingerprint density at radius 2 is 2.17 bits per heavy atom. The predicted octanol–water partition coefficient (Wildman–Crippen LogP) is 0.240. The molecular weight excluding hydrogens is 158 g/mol. The summed E-state index contributed by atoms with van der Waals surface area (Å²) in [6, 6.07) is -0.426. The standard InChI is InChI=1S/C8H13NO3/c1-6(5-10)4-9-7(2)8(11)12-3/h4-5,7,9H,1-3H3/t7-/m0/s1. The summed E-state index contributed by atoms with van der Waals surface area (Å²) in [4.78, 5) is 20.9. The molecule has 0 aromatic heterocycles. The van der Waals surface area contributed by atoms with Crippen molar-refractivity contribution < 1.29 is 14.3 Å². The van der Waals surface area contributed by atoms with Gasteiger partial charge in [-0.3, -0.25) is 4.79 Å². The fourth-order valence-corrected chi connectivity index (χ4v) is 0.535. The van der Waals surface area contributed by atoms with Gasteiger partial charge in [-0.05, 0) is 13.8 Å². The first-order valence-electron chi connectivity index (χ1n) is 3.57. The fraction of sp³-hybridized carbons (Fsp3) is 0.500. The van der Waals surface area contributed by atoms with Crippen molar-refractivity contribution in [1.29, 1.82) is 0 Å². The second-order valence-corrected chi connectivity index (χ2v) is 2.42. The van der Waals surface area contributed by atoms with E-state index in [-0.39, 0.29) is 5.97 Å². The number of nitrogens with one attached hydrogen (secondary N) is 1. The van der Waals surface area contributed by atoms with Crippen LogP contribution in [0.15, 0.2) is 11.8 Å². The Morgan fingerprint density at radius 3 is 2.58 bits per heavy atom. The van der Waals surface area contributed by atoms with Gasteiger partial charge in [0, 0.05) is 11.8 Å². The molecule has 0 saturated carbocycles. The maximum absolute atomic E-state index is 10.8. The van der Waals surface area contributed by atoms with Gasteiger partial charge in [0.2, 0.25) is 0 Å². The van der Waals surface area contributed by atoms with Crippen LogP contribution < -0.4 is 5.32 Å². The Morgan fingerprint density at radius 1 is 1.58 bits per heavy atom. The van der Waals surface area contributed by atoms with Crippen molar-refractivity contribution in [3.8, 4) is 0 Å². The number of carbonyl (C=O) groups is 2. The lowest BCUT2D eigenvalue weighted by Gasteiger charge is -2.08. The van der Waals surface area contributed by atoms with Crippen molar-refractivity contribution in [2.45, 2.75) is 19.9 Å². The molecule has 0 unspecified atom stereocenters. The van der Waals surface area contributed by atoms with Crippen LogP contribution in [0.25, 0.3) is 0 Å². The van der Waals surface area contributed by atoms with Gasteiger partial charge in [0.05, 0.1) is 7.11 Å². The molecule has 0 spiro atoms. The maximum atomic E-state index is 10.8. The van der Waals surface area contributed by atoms with E-state index in [4.69, 9.17) is 0 Å². The zero-order valence-corrected chi connectivity index (χ0v) is 7.46. The second kappa shape index (κ2) is 5.35. The molecule has 68 valence electrons. The zero-order chi connectivity index (χ0) is 9.56. The van der Waals surface area contributed by atoms with Crippen LogP contribution in [0.1, 0.15) is 13.8 Å². The van der Waals surface area contributed by atoms with Crippen molar-refractivity contribution in [3.63, 3.8) is 0 Å². The predicted molar refractivity (Wildman–Crippen MR) is 44.4 cm³/mol. The lowest BCUT2D eigenvalue weighted by molar-refractivity contribution is -0.142. The summed E-state index contributed by atoms with van der Waals surface area (Å²) in [6.07, 6.45) is 2.19. The minimum absolute atomic E-state index is 0.357. The minimum Gasteiger partial charge on any atom is -0.467 e. The van der Waals surface area contributed by atoms with Crippen molar-refractivity contribution in [2.24, 2.45) is 0 Å². The number of ether oxygens (including phenoxy) is 1. The van der Waals surface area contributed by atoms with Crippen LogP contribution in [0.4, 0.5) is 0 Å². The third kappa shape index (κ3) is 3.75. The van der Waals surface area contributed by atoms with Crippen LogP contribution in [0.3, 0.4) is 0 Å². The third-order valence-corrected chi connectivity index (χ3v) is 1.30. The monoisotopic (exact) mass is 171 g/mol. The van der Waals surface area contributed by atoms with Crippen LogP contribution in [-0.4, -0.2) is 25.4 Å². The Labute approximate surface area is 71.6 Å². The molecule has 0 fully saturated rings. The molecule has 12 heavy (non-hydrogen) atoms. The molecule has 0 saturated heterocycles. The van der Waals surface area contributed by atoms with Crippen molar-refractivity contribution >= 4 is 12.3 Å².